The van der Waals surface area contributed by atoms with Gasteiger partial charge in [-0.15, -0.1) is 0 Å². The zero-order valence-electron chi connectivity index (χ0n) is 17.0. The Bertz CT molecular complexity index is 1480. The lowest BCUT2D eigenvalue weighted by Gasteiger charge is -2.10. The van der Waals surface area contributed by atoms with Gasteiger partial charge in [-0.3, -0.25) is 8.77 Å². The number of carbonyl (C=O) groups excluding carboxylic acids is 2. The second-order valence-electron chi connectivity index (χ2n) is 7.07. The summed E-state index contributed by atoms with van der Waals surface area (Å²) in [6.07, 6.45) is 0. The number of benzene rings is 3. The molecule has 5 rings (SSSR count). The van der Waals surface area contributed by atoms with Crippen molar-refractivity contribution in [3.05, 3.63) is 102 Å². The molecule has 1 unspecified atom stereocenters. The van der Waals surface area contributed by atoms with E-state index in [9.17, 15) is 13.8 Å². The first-order chi connectivity index (χ1) is 15.6. The molecule has 0 saturated carbocycles. The second kappa shape index (κ2) is 7.94. The Morgan fingerprint density at radius 2 is 1.59 bits per heavy atom. The lowest BCUT2D eigenvalue weighted by molar-refractivity contribution is 0.0599. The van der Waals surface area contributed by atoms with Gasteiger partial charge in [0.1, 0.15) is 11.3 Å². The average molecular weight is 443 g/mol. The molecule has 0 saturated heterocycles. The summed E-state index contributed by atoms with van der Waals surface area (Å²) in [5.41, 5.74) is 1.04. The molecule has 0 N–H and O–H groups in total. The van der Waals surface area contributed by atoms with Gasteiger partial charge in [0.25, 0.3) is 0 Å². The van der Waals surface area contributed by atoms with Crippen LogP contribution in [0.25, 0.3) is 21.9 Å². The summed E-state index contributed by atoms with van der Waals surface area (Å²) < 4.78 is 25.8. The van der Waals surface area contributed by atoms with E-state index in [-0.39, 0.29) is 17.0 Å². The molecule has 3 aromatic carbocycles. The van der Waals surface area contributed by atoms with Crippen molar-refractivity contribution in [3.8, 4) is 0 Å². The smallest absolute Gasteiger partial charge is 0.340 e. The highest BCUT2D eigenvalue weighted by molar-refractivity contribution is 7.83. The van der Waals surface area contributed by atoms with Crippen molar-refractivity contribution in [1.29, 1.82) is 0 Å². The van der Waals surface area contributed by atoms with Crippen LogP contribution < -0.4 is 0 Å². The van der Waals surface area contributed by atoms with Gasteiger partial charge in [0.05, 0.1) is 23.1 Å². The summed E-state index contributed by atoms with van der Waals surface area (Å²) in [4.78, 5) is 27.0. The Morgan fingerprint density at radius 3 is 2.34 bits per heavy atom. The Balaban J connectivity index is 1.82. The maximum absolute atomic E-state index is 13.7. The predicted octanol–water partition coefficient (Wildman–Crippen LogP) is 4.98. The number of ketones is 1. The zero-order valence-corrected chi connectivity index (χ0v) is 17.8. The van der Waals surface area contributed by atoms with E-state index in [1.807, 2.05) is 18.2 Å². The van der Waals surface area contributed by atoms with Crippen molar-refractivity contribution in [3.63, 3.8) is 0 Å². The zero-order chi connectivity index (χ0) is 22.2. The molecule has 0 radical (unpaired) electrons. The minimum Gasteiger partial charge on any atom is -0.465 e. The Hall–Kier alpha value is -3.97. The van der Waals surface area contributed by atoms with Crippen LogP contribution in [0.1, 0.15) is 26.6 Å². The van der Waals surface area contributed by atoms with Crippen LogP contribution in [0, 0.1) is 0 Å². The molecule has 0 bridgehead atoms. The van der Waals surface area contributed by atoms with E-state index in [4.69, 9.17) is 9.15 Å². The molecule has 1 atom stereocenters. The lowest BCUT2D eigenvalue weighted by Crippen LogP contribution is -2.17. The van der Waals surface area contributed by atoms with Gasteiger partial charge in [0, 0.05) is 10.8 Å². The molecule has 0 aliphatic rings. The molecular formula is C25H17NO5S. The largest absolute Gasteiger partial charge is 0.465 e. The summed E-state index contributed by atoms with van der Waals surface area (Å²) in [7, 11) is -0.548. The van der Waals surface area contributed by atoms with Gasteiger partial charge in [-0.25, -0.2) is 9.00 Å². The van der Waals surface area contributed by atoms with Crippen molar-refractivity contribution < 1.29 is 23.0 Å². The summed E-state index contributed by atoms with van der Waals surface area (Å²) in [5.74, 6) is -1.20. The molecule has 7 heteroatoms. The van der Waals surface area contributed by atoms with Crippen LogP contribution in [0.4, 0.5) is 0 Å². The van der Waals surface area contributed by atoms with E-state index in [1.54, 1.807) is 66.7 Å². The molecule has 6 nitrogen and oxygen atoms in total. The third-order valence-corrected chi connectivity index (χ3v) is 6.58. The molecule has 5 aromatic rings. The minimum atomic E-state index is -1.80. The molecule has 0 aliphatic carbocycles. The average Bonchev–Trinajstić information content (AvgIpc) is 3.43. The fraction of sp³-hybridized carbons (Fsp3) is 0.0400. The first-order valence-electron chi connectivity index (χ1n) is 9.82. The third kappa shape index (κ3) is 3.14. The maximum Gasteiger partial charge on any atom is 0.340 e. The summed E-state index contributed by atoms with van der Waals surface area (Å²) >= 11 is 0. The number of carbonyl (C=O) groups is 2. The van der Waals surface area contributed by atoms with Gasteiger partial charge in [0.15, 0.2) is 16.7 Å². The van der Waals surface area contributed by atoms with Crippen LogP contribution in [-0.4, -0.2) is 27.0 Å². The maximum atomic E-state index is 13.7. The van der Waals surface area contributed by atoms with E-state index in [2.05, 4.69) is 0 Å². The van der Waals surface area contributed by atoms with E-state index in [1.165, 1.54) is 11.1 Å². The van der Waals surface area contributed by atoms with E-state index in [0.717, 1.165) is 5.39 Å². The Morgan fingerprint density at radius 1 is 0.906 bits per heavy atom. The number of fused-ring (bicyclic) bond motifs is 2. The van der Waals surface area contributed by atoms with E-state index in [0.29, 0.717) is 21.4 Å². The summed E-state index contributed by atoms with van der Waals surface area (Å²) in [6, 6.07) is 24.5. The normalized spacial score (nSPS) is 12.2. The van der Waals surface area contributed by atoms with Gasteiger partial charge in [0.2, 0.25) is 5.78 Å². The highest BCUT2D eigenvalue weighted by Gasteiger charge is 2.32. The number of esters is 1. The van der Waals surface area contributed by atoms with Gasteiger partial charge in [-0.1, -0.05) is 54.6 Å². The molecule has 2 heterocycles. The molecule has 0 fully saturated rings. The van der Waals surface area contributed by atoms with Crippen molar-refractivity contribution in [2.75, 3.05) is 7.11 Å². The molecule has 32 heavy (non-hydrogen) atoms. The van der Waals surface area contributed by atoms with Crippen LogP contribution in [0.3, 0.4) is 0 Å². The number of hydrogen-bond acceptors (Lipinski definition) is 5. The van der Waals surface area contributed by atoms with E-state index >= 15 is 0 Å². The predicted molar refractivity (Wildman–Crippen MR) is 121 cm³/mol. The SMILES string of the molecule is COC(=O)c1c(C(=O)c2cc3ccccc3o2)n(S(=O)c2ccccc2)c2ccccc12. The van der Waals surface area contributed by atoms with Crippen molar-refractivity contribution >= 4 is 44.6 Å². The number of hydrogen-bond donors (Lipinski definition) is 0. The number of furan rings is 1. The molecular weight excluding hydrogens is 426 g/mol. The number of methoxy groups -OCH3 is 1. The molecule has 0 spiro atoms. The molecule has 0 aliphatic heterocycles. The first-order valence-corrected chi connectivity index (χ1v) is 10.9. The van der Waals surface area contributed by atoms with Crippen LogP contribution in [0.5, 0.6) is 0 Å². The minimum absolute atomic E-state index is 0.0423. The highest BCUT2D eigenvalue weighted by atomic mass is 32.2. The fourth-order valence-electron chi connectivity index (χ4n) is 3.75. The van der Waals surface area contributed by atoms with Gasteiger partial charge in [-0.05, 0) is 30.3 Å². The number of para-hydroxylation sites is 2. The first kappa shape index (κ1) is 20.0. The molecule has 0 amide bonds. The van der Waals surface area contributed by atoms with Crippen molar-refractivity contribution in [2.24, 2.45) is 0 Å². The topological polar surface area (TPSA) is 78.5 Å². The number of nitrogens with zero attached hydrogens (tertiary/aromatic N) is 1. The fourth-order valence-corrected chi connectivity index (χ4v) is 5.03. The standard InChI is InChI=1S/C25H17NO5S/c1-30-25(28)22-18-12-6-7-13-19(18)26(32(29)17-10-3-2-4-11-17)23(22)24(27)21-15-16-9-5-8-14-20(16)31-21/h2-15H,1H3. The Labute approximate surface area is 185 Å². The third-order valence-electron chi connectivity index (χ3n) is 5.20. The number of aromatic nitrogens is 1. The van der Waals surface area contributed by atoms with Crippen molar-refractivity contribution in [1.82, 2.24) is 3.97 Å². The van der Waals surface area contributed by atoms with Crippen LogP contribution in [-0.2, 0) is 15.7 Å². The van der Waals surface area contributed by atoms with Crippen LogP contribution in [0.15, 0.2) is 94.2 Å². The Kier molecular flexibility index (Phi) is 4.95. The van der Waals surface area contributed by atoms with Crippen LogP contribution in [0.2, 0.25) is 0 Å². The van der Waals surface area contributed by atoms with Gasteiger partial charge >= 0.3 is 5.97 Å². The highest BCUT2D eigenvalue weighted by Crippen LogP contribution is 2.32. The monoisotopic (exact) mass is 443 g/mol. The number of rotatable bonds is 5. The summed E-state index contributed by atoms with van der Waals surface area (Å²) in [6.45, 7) is 0. The molecule has 2 aromatic heterocycles. The van der Waals surface area contributed by atoms with Crippen molar-refractivity contribution in [2.45, 2.75) is 4.90 Å². The van der Waals surface area contributed by atoms with Gasteiger partial charge in [-0.2, -0.15) is 0 Å². The van der Waals surface area contributed by atoms with Crippen LogP contribution >= 0.6 is 0 Å². The molecule has 158 valence electrons. The summed E-state index contributed by atoms with van der Waals surface area (Å²) in [5, 5.41) is 1.23. The quantitative estimate of drug-likeness (QED) is 0.283. The van der Waals surface area contributed by atoms with E-state index < -0.39 is 22.7 Å². The lowest BCUT2D eigenvalue weighted by atomic mass is 10.1. The second-order valence-corrected chi connectivity index (χ2v) is 8.40. The van der Waals surface area contributed by atoms with Gasteiger partial charge < -0.3 is 9.15 Å². The number of ether oxygens (including phenoxy) is 1.